The van der Waals surface area contributed by atoms with Crippen molar-refractivity contribution in [3.05, 3.63) is 35.4 Å². The lowest BCUT2D eigenvalue weighted by molar-refractivity contribution is -0.137. The molecule has 4 nitrogen and oxygen atoms in total. The number of methoxy groups -OCH3 is 1. The predicted molar refractivity (Wildman–Crippen MR) is 92.4 cm³/mol. The van der Waals surface area contributed by atoms with Gasteiger partial charge in [-0.05, 0) is 42.4 Å². The molecule has 7 heteroatoms. The van der Waals surface area contributed by atoms with Crippen molar-refractivity contribution in [1.29, 1.82) is 0 Å². The Labute approximate surface area is 146 Å². The SMILES string of the molecule is CN=C(NCc1cccc(C(F)(F)F)c1)NCC1(CCOC)CCC1. The van der Waals surface area contributed by atoms with Crippen LogP contribution in [0, 0.1) is 5.41 Å². The molecule has 0 spiro atoms. The molecule has 1 fully saturated rings. The second kappa shape index (κ2) is 8.56. The van der Waals surface area contributed by atoms with E-state index in [0.29, 0.717) is 11.5 Å². The van der Waals surface area contributed by atoms with Crippen molar-refractivity contribution in [3.8, 4) is 0 Å². The minimum Gasteiger partial charge on any atom is -0.385 e. The summed E-state index contributed by atoms with van der Waals surface area (Å²) in [6.45, 7) is 1.81. The second-order valence-electron chi connectivity index (χ2n) is 6.57. The number of aliphatic imine (C=N–C) groups is 1. The van der Waals surface area contributed by atoms with Crippen LogP contribution >= 0.6 is 0 Å². The topological polar surface area (TPSA) is 45.7 Å². The van der Waals surface area contributed by atoms with Gasteiger partial charge in [0.2, 0.25) is 0 Å². The molecule has 0 radical (unpaired) electrons. The number of hydrogen-bond acceptors (Lipinski definition) is 2. The molecule has 0 aromatic heterocycles. The molecule has 1 aromatic carbocycles. The van der Waals surface area contributed by atoms with Crippen LogP contribution < -0.4 is 10.6 Å². The third kappa shape index (κ3) is 5.63. The van der Waals surface area contributed by atoms with E-state index >= 15 is 0 Å². The van der Waals surface area contributed by atoms with E-state index < -0.39 is 11.7 Å². The Morgan fingerprint density at radius 3 is 2.60 bits per heavy atom. The van der Waals surface area contributed by atoms with Gasteiger partial charge in [0.05, 0.1) is 5.56 Å². The van der Waals surface area contributed by atoms with E-state index in [1.807, 2.05) is 0 Å². The summed E-state index contributed by atoms with van der Waals surface area (Å²) in [5.74, 6) is 0.598. The standard InChI is InChI=1S/C18H26F3N3O/c1-22-16(24-13-17(7-4-8-17)9-10-25-2)23-12-14-5-3-6-15(11-14)18(19,20)21/h3,5-6,11H,4,7-10,12-13H2,1-2H3,(H2,22,23,24). The lowest BCUT2D eigenvalue weighted by Crippen LogP contribution is -2.46. The largest absolute Gasteiger partial charge is 0.416 e. The van der Waals surface area contributed by atoms with Crippen LogP contribution in [0.4, 0.5) is 13.2 Å². The van der Waals surface area contributed by atoms with Crippen LogP contribution in [0.3, 0.4) is 0 Å². The lowest BCUT2D eigenvalue weighted by atomic mass is 9.67. The molecule has 1 saturated carbocycles. The maximum Gasteiger partial charge on any atom is 0.416 e. The number of nitrogens with one attached hydrogen (secondary N) is 2. The number of alkyl halides is 3. The highest BCUT2D eigenvalue weighted by atomic mass is 19.4. The quantitative estimate of drug-likeness (QED) is 0.579. The Bertz CT molecular complexity index is 583. The first-order valence-electron chi connectivity index (χ1n) is 8.48. The molecule has 0 aliphatic heterocycles. The fourth-order valence-corrected chi connectivity index (χ4v) is 3.05. The van der Waals surface area contributed by atoms with Gasteiger partial charge in [0.15, 0.2) is 5.96 Å². The first-order chi connectivity index (χ1) is 11.9. The fourth-order valence-electron chi connectivity index (χ4n) is 3.05. The highest BCUT2D eigenvalue weighted by Gasteiger charge is 2.36. The van der Waals surface area contributed by atoms with Crippen molar-refractivity contribution < 1.29 is 17.9 Å². The first kappa shape index (κ1) is 19.6. The third-order valence-electron chi connectivity index (χ3n) is 4.82. The average molecular weight is 357 g/mol. The molecule has 0 unspecified atom stereocenters. The summed E-state index contributed by atoms with van der Waals surface area (Å²) in [5.41, 5.74) is 0.169. The molecule has 2 N–H and O–H groups in total. The summed E-state index contributed by atoms with van der Waals surface area (Å²) in [6.07, 6.45) is 0.221. The normalized spacial score (nSPS) is 17.1. The van der Waals surface area contributed by atoms with E-state index in [1.165, 1.54) is 12.5 Å². The smallest absolute Gasteiger partial charge is 0.385 e. The van der Waals surface area contributed by atoms with Crippen LogP contribution in [0.25, 0.3) is 0 Å². The number of nitrogens with zero attached hydrogens (tertiary/aromatic N) is 1. The minimum atomic E-state index is -4.33. The van der Waals surface area contributed by atoms with Gasteiger partial charge in [0, 0.05) is 33.9 Å². The summed E-state index contributed by atoms with van der Waals surface area (Å²) in [4.78, 5) is 4.16. The summed E-state index contributed by atoms with van der Waals surface area (Å²) in [5, 5.41) is 6.38. The number of benzene rings is 1. The van der Waals surface area contributed by atoms with Gasteiger partial charge in [-0.1, -0.05) is 18.6 Å². The van der Waals surface area contributed by atoms with Gasteiger partial charge in [-0.15, -0.1) is 0 Å². The summed E-state index contributed by atoms with van der Waals surface area (Å²) in [6, 6.07) is 5.32. The molecule has 1 aromatic rings. The maximum absolute atomic E-state index is 12.8. The van der Waals surface area contributed by atoms with Crippen LogP contribution in [0.5, 0.6) is 0 Å². The zero-order valence-corrected chi connectivity index (χ0v) is 14.7. The molecule has 0 saturated heterocycles. The molecular weight excluding hydrogens is 331 g/mol. The van der Waals surface area contributed by atoms with E-state index in [0.717, 1.165) is 44.5 Å². The molecular formula is C18H26F3N3O. The van der Waals surface area contributed by atoms with E-state index in [9.17, 15) is 13.2 Å². The summed E-state index contributed by atoms with van der Waals surface area (Å²) in [7, 11) is 3.36. The molecule has 140 valence electrons. The Morgan fingerprint density at radius 1 is 1.28 bits per heavy atom. The molecule has 0 atom stereocenters. The average Bonchev–Trinajstić information content (AvgIpc) is 2.55. The molecule has 2 rings (SSSR count). The van der Waals surface area contributed by atoms with Gasteiger partial charge in [-0.2, -0.15) is 13.2 Å². The van der Waals surface area contributed by atoms with Crippen molar-refractivity contribution in [3.63, 3.8) is 0 Å². The van der Waals surface area contributed by atoms with Crippen molar-refractivity contribution in [2.45, 2.75) is 38.4 Å². The summed E-state index contributed by atoms with van der Waals surface area (Å²) < 4.78 is 43.5. The van der Waals surface area contributed by atoms with Gasteiger partial charge in [-0.3, -0.25) is 4.99 Å². The fraction of sp³-hybridized carbons (Fsp3) is 0.611. The molecule has 0 amide bonds. The van der Waals surface area contributed by atoms with Crippen LogP contribution in [0.1, 0.15) is 36.8 Å². The van der Waals surface area contributed by atoms with Gasteiger partial charge in [-0.25, -0.2) is 0 Å². The molecule has 1 aliphatic carbocycles. The molecule has 1 aliphatic rings. The third-order valence-corrected chi connectivity index (χ3v) is 4.82. The van der Waals surface area contributed by atoms with E-state index in [1.54, 1.807) is 20.2 Å². The van der Waals surface area contributed by atoms with Crippen LogP contribution in [0.15, 0.2) is 29.3 Å². The zero-order chi connectivity index (χ0) is 18.3. The van der Waals surface area contributed by atoms with E-state index in [4.69, 9.17) is 4.74 Å². The van der Waals surface area contributed by atoms with Crippen LogP contribution in [-0.4, -0.2) is 33.3 Å². The van der Waals surface area contributed by atoms with Crippen molar-refractivity contribution >= 4 is 5.96 Å². The van der Waals surface area contributed by atoms with Gasteiger partial charge >= 0.3 is 6.18 Å². The number of hydrogen-bond donors (Lipinski definition) is 2. The van der Waals surface area contributed by atoms with Gasteiger partial charge in [0.1, 0.15) is 0 Å². The monoisotopic (exact) mass is 357 g/mol. The number of ether oxygens (including phenoxy) is 1. The van der Waals surface area contributed by atoms with Crippen LogP contribution in [-0.2, 0) is 17.5 Å². The van der Waals surface area contributed by atoms with Crippen LogP contribution in [0.2, 0.25) is 0 Å². The zero-order valence-electron chi connectivity index (χ0n) is 14.7. The van der Waals surface area contributed by atoms with E-state index in [2.05, 4.69) is 15.6 Å². The first-order valence-corrected chi connectivity index (χ1v) is 8.48. The number of rotatable bonds is 7. The predicted octanol–water partition coefficient (Wildman–Crippen LogP) is 3.58. The Morgan fingerprint density at radius 2 is 2.04 bits per heavy atom. The molecule has 0 bridgehead atoms. The van der Waals surface area contributed by atoms with Crippen molar-refractivity contribution in [1.82, 2.24) is 10.6 Å². The van der Waals surface area contributed by atoms with E-state index in [-0.39, 0.29) is 12.0 Å². The Hall–Kier alpha value is -1.76. The minimum absolute atomic E-state index is 0.240. The maximum atomic E-state index is 12.8. The van der Waals surface area contributed by atoms with Crippen molar-refractivity contribution in [2.75, 3.05) is 27.3 Å². The highest BCUT2D eigenvalue weighted by Crippen LogP contribution is 2.43. The Kier molecular flexibility index (Phi) is 6.70. The number of halogens is 3. The lowest BCUT2D eigenvalue weighted by Gasteiger charge is -2.42. The number of guanidine groups is 1. The second-order valence-corrected chi connectivity index (χ2v) is 6.57. The Balaban J connectivity index is 1.86. The summed E-state index contributed by atoms with van der Waals surface area (Å²) >= 11 is 0. The van der Waals surface area contributed by atoms with Gasteiger partial charge in [0.25, 0.3) is 0 Å². The molecule has 0 heterocycles. The van der Waals surface area contributed by atoms with Crippen molar-refractivity contribution in [2.24, 2.45) is 10.4 Å². The van der Waals surface area contributed by atoms with Gasteiger partial charge < -0.3 is 15.4 Å². The molecule has 25 heavy (non-hydrogen) atoms. The highest BCUT2D eigenvalue weighted by molar-refractivity contribution is 5.79.